The summed E-state index contributed by atoms with van der Waals surface area (Å²) in [7, 11) is 0. The third kappa shape index (κ3) is 3.62. The van der Waals surface area contributed by atoms with Gasteiger partial charge in [0.1, 0.15) is 0 Å². The lowest BCUT2D eigenvalue weighted by molar-refractivity contribution is -0.117. The van der Waals surface area contributed by atoms with Crippen molar-refractivity contribution < 1.29 is 9.59 Å². The van der Waals surface area contributed by atoms with Crippen LogP contribution in [-0.2, 0) is 4.79 Å². The number of anilines is 1. The van der Waals surface area contributed by atoms with Crippen LogP contribution in [0.1, 0.15) is 19.3 Å². The molecule has 0 unspecified atom stereocenters. The van der Waals surface area contributed by atoms with Gasteiger partial charge in [-0.2, -0.15) is 0 Å². The molecule has 3 rings (SSSR count). The van der Waals surface area contributed by atoms with Crippen molar-refractivity contribution in [3.63, 3.8) is 0 Å². The van der Waals surface area contributed by atoms with Crippen molar-refractivity contribution >= 4 is 17.6 Å². The van der Waals surface area contributed by atoms with E-state index in [9.17, 15) is 9.59 Å². The minimum atomic E-state index is -0.126. The maximum absolute atomic E-state index is 12.1. The van der Waals surface area contributed by atoms with Crippen LogP contribution in [0.3, 0.4) is 0 Å². The minimum Gasteiger partial charge on any atom is -0.350 e. The maximum atomic E-state index is 12.1. The highest BCUT2D eigenvalue weighted by Gasteiger charge is 2.26. The fourth-order valence-corrected chi connectivity index (χ4v) is 2.29. The Balaban J connectivity index is 1.53. The van der Waals surface area contributed by atoms with E-state index in [1.165, 1.54) is 0 Å². The number of nitrogens with zero attached hydrogens (tertiary/aromatic N) is 1. The molecule has 0 spiro atoms. The van der Waals surface area contributed by atoms with Gasteiger partial charge >= 0.3 is 6.03 Å². The zero-order valence-electron chi connectivity index (χ0n) is 11.8. The molecular formula is C16H19N3O2. The highest BCUT2D eigenvalue weighted by atomic mass is 16.2. The average molecular weight is 285 g/mol. The number of hydrogen-bond donors (Lipinski definition) is 2. The van der Waals surface area contributed by atoms with Gasteiger partial charge in [-0.25, -0.2) is 4.79 Å². The van der Waals surface area contributed by atoms with Gasteiger partial charge in [0.25, 0.3) is 0 Å². The van der Waals surface area contributed by atoms with Crippen molar-refractivity contribution in [3.05, 3.63) is 42.0 Å². The first kappa shape index (κ1) is 13.7. The molecule has 1 aromatic carbocycles. The zero-order chi connectivity index (χ0) is 14.7. The van der Waals surface area contributed by atoms with E-state index >= 15 is 0 Å². The summed E-state index contributed by atoms with van der Waals surface area (Å²) in [6.45, 7) is 1.05. The second kappa shape index (κ2) is 5.99. The first-order valence-corrected chi connectivity index (χ1v) is 7.33. The van der Waals surface area contributed by atoms with E-state index in [0.29, 0.717) is 25.6 Å². The van der Waals surface area contributed by atoms with E-state index in [1.807, 2.05) is 36.4 Å². The summed E-state index contributed by atoms with van der Waals surface area (Å²) in [6, 6.07) is 9.62. The van der Waals surface area contributed by atoms with E-state index in [4.69, 9.17) is 0 Å². The van der Waals surface area contributed by atoms with Gasteiger partial charge in [-0.05, 0) is 31.4 Å². The number of nitrogens with one attached hydrogen (secondary N) is 2. The Bertz CT molecular complexity index is 564. The molecule has 0 aromatic heterocycles. The molecule has 5 nitrogen and oxygen atoms in total. The predicted molar refractivity (Wildman–Crippen MR) is 80.9 cm³/mol. The predicted octanol–water partition coefficient (Wildman–Crippen LogP) is 2.13. The molecular weight excluding hydrogens is 266 g/mol. The van der Waals surface area contributed by atoms with Crippen molar-refractivity contribution in [2.24, 2.45) is 0 Å². The standard InChI is InChI=1S/C16H19N3O2/c20-15(17-14-6-7-14)12-8-10-19(11-9-12)16(21)18-13-4-2-1-3-5-13/h1-5,8,14H,6-7,9-11H2,(H,17,20)(H,18,21). The van der Waals surface area contributed by atoms with E-state index in [-0.39, 0.29) is 11.9 Å². The third-order valence-electron chi connectivity index (χ3n) is 3.73. The lowest BCUT2D eigenvalue weighted by Gasteiger charge is -2.26. The van der Waals surface area contributed by atoms with Crippen LogP contribution in [0.4, 0.5) is 10.5 Å². The van der Waals surface area contributed by atoms with E-state index < -0.39 is 0 Å². The van der Waals surface area contributed by atoms with Gasteiger partial charge in [-0.15, -0.1) is 0 Å². The normalized spacial score (nSPS) is 17.9. The second-order valence-electron chi connectivity index (χ2n) is 5.47. The Labute approximate surface area is 124 Å². The summed E-state index contributed by atoms with van der Waals surface area (Å²) in [5.74, 6) is 0.0283. The molecule has 0 atom stereocenters. The van der Waals surface area contributed by atoms with Crippen LogP contribution in [0.15, 0.2) is 42.0 Å². The Hall–Kier alpha value is -2.30. The largest absolute Gasteiger partial charge is 0.350 e. The number of benzene rings is 1. The fourth-order valence-electron chi connectivity index (χ4n) is 2.29. The molecule has 1 heterocycles. The fraction of sp³-hybridized carbons (Fsp3) is 0.375. The van der Waals surface area contributed by atoms with Gasteiger partial charge in [0.2, 0.25) is 5.91 Å². The quantitative estimate of drug-likeness (QED) is 0.893. The monoisotopic (exact) mass is 285 g/mol. The molecule has 0 saturated heterocycles. The van der Waals surface area contributed by atoms with Crippen LogP contribution in [0.5, 0.6) is 0 Å². The van der Waals surface area contributed by atoms with E-state index in [1.54, 1.807) is 4.90 Å². The van der Waals surface area contributed by atoms with Crippen LogP contribution >= 0.6 is 0 Å². The molecule has 5 heteroatoms. The van der Waals surface area contributed by atoms with Crippen molar-refractivity contribution in [1.82, 2.24) is 10.2 Å². The van der Waals surface area contributed by atoms with Crippen LogP contribution in [0.25, 0.3) is 0 Å². The molecule has 110 valence electrons. The number of hydrogen-bond acceptors (Lipinski definition) is 2. The number of rotatable bonds is 3. The molecule has 0 bridgehead atoms. The summed E-state index contributed by atoms with van der Waals surface area (Å²) in [5, 5.41) is 5.84. The van der Waals surface area contributed by atoms with Gasteiger partial charge in [0, 0.05) is 30.4 Å². The first-order valence-electron chi connectivity index (χ1n) is 7.33. The van der Waals surface area contributed by atoms with E-state index in [0.717, 1.165) is 24.1 Å². The molecule has 21 heavy (non-hydrogen) atoms. The van der Waals surface area contributed by atoms with Gasteiger partial charge in [0.15, 0.2) is 0 Å². The molecule has 0 radical (unpaired) electrons. The van der Waals surface area contributed by atoms with Crippen LogP contribution in [0, 0.1) is 0 Å². The lowest BCUT2D eigenvalue weighted by atomic mass is 10.1. The highest BCUT2D eigenvalue weighted by molar-refractivity contribution is 5.95. The number of urea groups is 1. The van der Waals surface area contributed by atoms with Crippen molar-refractivity contribution in [2.75, 3.05) is 18.4 Å². The van der Waals surface area contributed by atoms with Crippen LogP contribution in [0.2, 0.25) is 0 Å². The lowest BCUT2D eigenvalue weighted by Crippen LogP contribution is -2.40. The minimum absolute atomic E-state index is 0.0283. The first-order chi connectivity index (χ1) is 10.2. The summed E-state index contributed by atoms with van der Waals surface area (Å²) in [5.41, 5.74) is 1.58. The van der Waals surface area contributed by atoms with Gasteiger partial charge in [0.05, 0.1) is 0 Å². The summed E-state index contributed by atoms with van der Waals surface area (Å²) in [6.07, 6.45) is 4.64. The topological polar surface area (TPSA) is 61.4 Å². The molecule has 1 aliphatic carbocycles. The Morgan fingerprint density at radius 1 is 1.14 bits per heavy atom. The Morgan fingerprint density at radius 3 is 2.52 bits per heavy atom. The SMILES string of the molecule is O=C(NC1CC1)C1=CCN(C(=O)Nc2ccccc2)CC1. The van der Waals surface area contributed by atoms with Crippen molar-refractivity contribution in [3.8, 4) is 0 Å². The van der Waals surface area contributed by atoms with Crippen LogP contribution < -0.4 is 10.6 Å². The van der Waals surface area contributed by atoms with Gasteiger partial charge < -0.3 is 15.5 Å². The molecule has 3 amide bonds. The molecule has 1 fully saturated rings. The third-order valence-corrected chi connectivity index (χ3v) is 3.73. The summed E-state index contributed by atoms with van der Waals surface area (Å²) >= 11 is 0. The van der Waals surface area contributed by atoms with Crippen molar-refractivity contribution in [1.29, 1.82) is 0 Å². The van der Waals surface area contributed by atoms with Crippen molar-refractivity contribution in [2.45, 2.75) is 25.3 Å². The Morgan fingerprint density at radius 2 is 1.90 bits per heavy atom. The molecule has 1 aliphatic heterocycles. The zero-order valence-corrected chi connectivity index (χ0v) is 11.8. The smallest absolute Gasteiger partial charge is 0.322 e. The highest BCUT2D eigenvalue weighted by Crippen LogP contribution is 2.20. The molecule has 1 saturated carbocycles. The van der Waals surface area contributed by atoms with Gasteiger partial charge in [-0.1, -0.05) is 24.3 Å². The molecule has 2 aliphatic rings. The molecule has 1 aromatic rings. The Kier molecular flexibility index (Phi) is 3.90. The number of carbonyl (C=O) groups is 2. The second-order valence-corrected chi connectivity index (χ2v) is 5.47. The number of para-hydroxylation sites is 1. The number of carbonyl (C=O) groups excluding carboxylic acids is 2. The van der Waals surface area contributed by atoms with E-state index in [2.05, 4.69) is 10.6 Å². The summed E-state index contributed by atoms with van der Waals surface area (Å²) in [4.78, 5) is 25.7. The number of amides is 3. The summed E-state index contributed by atoms with van der Waals surface area (Å²) < 4.78 is 0. The van der Waals surface area contributed by atoms with Gasteiger partial charge in [-0.3, -0.25) is 4.79 Å². The maximum Gasteiger partial charge on any atom is 0.322 e. The average Bonchev–Trinajstić information content (AvgIpc) is 3.32. The van der Waals surface area contributed by atoms with Crippen LogP contribution in [-0.4, -0.2) is 36.0 Å². The molecule has 2 N–H and O–H groups in total.